The van der Waals surface area contributed by atoms with Crippen LogP contribution in [0.3, 0.4) is 0 Å². The Morgan fingerprint density at radius 1 is 1.47 bits per heavy atom. The summed E-state index contributed by atoms with van der Waals surface area (Å²) in [5.41, 5.74) is 0.392. The molecule has 0 saturated carbocycles. The van der Waals surface area contributed by atoms with Crippen LogP contribution in [-0.4, -0.2) is 24.2 Å². The second-order valence-corrected chi connectivity index (χ2v) is 4.04. The monoisotopic (exact) mass is 279 g/mol. The number of aliphatic hydroxyl groups is 1. The number of nitriles is 1. The van der Waals surface area contributed by atoms with Gasteiger partial charge in [0, 0.05) is 19.4 Å². The molecule has 0 aromatic heterocycles. The summed E-state index contributed by atoms with van der Waals surface area (Å²) in [6.45, 7) is 0.537. The smallest absolute Gasteiger partial charge is 0.267 e. The summed E-state index contributed by atoms with van der Waals surface area (Å²) in [5, 5.41) is 23.2. The van der Waals surface area contributed by atoms with Crippen LogP contribution in [0.5, 0.6) is 0 Å². The van der Waals surface area contributed by atoms with Gasteiger partial charge in [0.2, 0.25) is 0 Å². The van der Waals surface area contributed by atoms with Gasteiger partial charge in [0.25, 0.3) is 5.91 Å². The molecule has 0 saturated heterocycles. The number of carbonyl (C=O) groups is 1. The molecule has 1 aromatic rings. The third-order valence-electron chi connectivity index (χ3n) is 2.21. The molecule has 100 valence electrons. The van der Waals surface area contributed by atoms with Crippen LogP contribution in [0, 0.1) is 11.3 Å². The normalized spacial score (nSPS) is 10.7. The second kappa shape index (κ2) is 8.14. The summed E-state index contributed by atoms with van der Waals surface area (Å²) in [4.78, 5) is 11.8. The van der Waals surface area contributed by atoms with E-state index in [1.54, 1.807) is 30.3 Å². The molecule has 3 N–H and O–H groups in total. The first-order valence-corrected chi connectivity index (χ1v) is 6.07. The fraction of sp³-hybridized carbons (Fsp3) is 0.231. The van der Waals surface area contributed by atoms with Gasteiger partial charge in [-0.25, -0.2) is 0 Å². The predicted molar refractivity (Wildman–Crippen MR) is 73.5 cm³/mol. The topological polar surface area (TPSA) is 85.2 Å². The second-order valence-electron chi connectivity index (χ2n) is 3.64. The van der Waals surface area contributed by atoms with E-state index in [-0.39, 0.29) is 12.2 Å². The van der Waals surface area contributed by atoms with Crippen molar-refractivity contribution in [2.75, 3.05) is 18.5 Å². The molecular formula is C13H14ClN3O2. The Morgan fingerprint density at radius 3 is 2.84 bits per heavy atom. The van der Waals surface area contributed by atoms with Crippen molar-refractivity contribution < 1.29 is 9.90 Å². The molecule has 6 heteroatoms. The van der Waals surface area contributed by atoms with Crippen molar-refractivity contribution in [1.29, 1.82) is 5.26 Å². The molecule has 0 atom stereocenters. The molecule has 0 unspecified atom stereocenters. The van der Waals surface area contributed by atoms with Gasteiger partial charge in [0.05, 0.1) is 10.7 Å². The zero-order valence-corrected chi connectivity index (χ0v) is 10.9. The minimum Gasteiger partial charge on any atom is -0.396 e. The first kappa shape index (κ1) is 15.0. The Morgan fingerprint density at radius 2 is 2.21 bits per heavy atom. The fourth-order valence-electron chi connectivity index (χ4n) is 1.26. The molecule has 0 aliphatic heterocycles. The van der Waals surface area contributed by atoms with E-state index in [0.717, 1.165) is 0 Å². The maximum Gasteiger partial charge on any atom is 0.267 e. The minimum atomic E-state index is -0.535. The van der Waals surface area contributed by atoms with Crippen LogP contribution in [0.4, 0.5) is 5.69 Å². The Kier molecular flexibility index (Phi) is 6.44. The van der Waals surface area contributed by atoms with Gasteiger partial charge in [0.1, 0.15) is 11.6 Å². The van der Waals surface area contributed by atoms with Gasteiger partial charge < -0.3 is 15.7 Å². The highest BCUT2D eigenvalue weighted by Crippen LogP contribution is 2.20. The van der Waals surface area contributed by atoms with Crippen molar-refractivity contribution in [1.82, 2.24) is 5.32 Å². The van der Waals surface area contributed by atoms with E-state index in [1.165, 1.54) is 6.20 Å². The number of hydrogen-bond acceptors (Lipinski definition) is 4. The van der Waals surface area contributed by atoms with Crippen LogP contribution < -0.4 is 10.6 Å². The molecule has 19 heavy (non-hydrogen) atoms. The van der Waals surface area contributed by atoms with Gasteiger partial charge >= 0.3 is 0 Å². The van der Waals surface area contributed by atoms with E-state index in [9.17, 15) is 4.79 Å². The Labute approximate surface area is 116 Å². The number of halogens is 1. The predicted octanol–water partition coefficient (Wildman–Crippen LogP) is 1.66. The highest BCUT2D eigenvalue weighted by molar-refractivity contribution is 6.33. The van der Waals surface area contributed by atoms with E-state index in [2.05, 4.69) is 10.6 Å². The molecule has 5 nitrogen and oxygen atoms in total. The van der Waals surface area contributed by atoms with Crippen LogP contribution in [-0.2, 0) is 4.79 Å². The number of para-hydroxylation sites is 1. The molecule has 0 spiro atoms. The summed E-state index contributed by atoms with van der Waals surface area (Å²) >= 11 is 5.90. The molecule has 1 amide bonds. The third kappa shape index (κ3) is 5.00. The van der Waals surface area contributed by atoms with Gasteiger partial charge in [-0.15, -0.1) is 0 Å². The van der Waals surface area contributed by atoms with Crippen molar-refractivity contribution in [2.45, 2.75) is 6.42 Å². The van der Waals surface area contributed by atoms with Crippen LogP contribution >= 0.6 is 11.6 Å². The number of hydrogen-bond donors (Lipinski definition) is 3. The molecular weight excluding hydrogens is 266 g/mol. The van der Waals surface area contributed by atoms with Crippen molar-refractivity contribution in [2.24, 2.45) is 0 Å². The van der Waals surface area contributed by atoms with Crippen LogP contribution in [0.25, 0.3) is 0 Å². The van der Waals surface area contributed by atoms with Crippen molar-refractivity contribution >= 4 is 23.2 Å². The molecule has 0 aliphatic rings. The number of nitrogens with zero attached hydrogens (tertiary/aromatic N) is 1. The van der Waals surface area contributed by atoms with E-state index < -0.39 is 5.91 Å². The lowest BCUT2D eigenvalue weighted by Gasteiger charge is -2.06. The van der Waals surface area contributed by atoms with E-state index in [0.29, 0.717) is 23.7 Å². The van der Waals surface area contributed by atoms with Gasteiger partial charge in [-0.2, -0.15) is 5.26 Å². The van der Waals surface area contributed by atoms with E-state index >= 15 is 0 Å². The minimum absolute atomic E-state index is 0.0501. The Bertz CT molecular complexity index is 509. The number of anilines is 1. The van der Waals surface area contributed by atoms with Crippen LogP contribution in [0.15, 0.2) is 36.0 Å². The van der Waals surface area contributed by atoms with Gasteiger partial charge in [-0.05, 0) is 18.6 Å². The quantitative estimate of drug-likeness (QED) is 0.420. The SMILES string of the molecule is N#C/C(=C/NCCCO)C(=O)Nc1ccccc1Cl. The lowest BCUT2D eigenvalue weighted by Crippen LogP contribution is -2.17. The Hall–Kier alpha value is -2.03. The first-order chi connectivity index (χ1) is 9.19. The summed E-state index contributed by atoms with van der Waals surface area (Å²) in [7, 11) is 0. The number of rotatable bonds is 6. The summed E-state index contributed by atoms with van der Waals surface area (Å²) in [6.07, 6.45) is 1.86. The number of benzene rings is 1. The lowest BCUT2D eigenvalue weighted by molar-refractivity contribution is -0.112. The summed E-state index contributed by atoms with van der Waals surface area (Å²) in [5.74, 6) is -0.535. The first-order valence-electron chi connectivity index (χ1n) is 5.69. The zero-order chi connectivity index (χ0) is 14.1. The van der Waals surface area contributed by atoms with Crippen molar-refractivity contribution in [3.8, 4) is 6.07 Å². The molecule has 0 heterocycles. The lowest BCUT2D eigenvalue weighted by atomic mass is 10.2. The average molecular weight is 280 g/mol. The van der Waals surface area contributed by atoms with Gasteiger partial charge in [-0.3, -0.25) is 4.79 Å². The van der Waals surface area contributed by atoms with Crippen molar-refractivity contribution in [3.05, 3.63) is 41.1 Å². The molecule has 1 rings (SSSR count). The fourth-order valence-corrected chi connectivity index (χ4v) is 1.44. The summed E-state index contributed by atoms with van der Waals surface area (Å²) < 4.78 is 0. The average Bonchev–Trinajstić information content (AvgIpc) is 2.41. The molecule has 1 aromatic carbocycles. The van der Waals surface area contributed by atoms with Crippen molar-refractivity contribution in [3.63, 3.8) is 0 Å². The van der Waals surface area contributed by atoms with Crippen LogP contribution in [0.2, 0.25) is 5.02 Å². The highest BCUT2D eigenvalue weighted by Gasteiger charge is 2.10. The molecule has 0 fully saturated rings. The number of amides is 1. The largest absolute Gasteiger partial charge is 0.396 e. The number of nitrogens with one attached hydrogen (secondary N) is 2. The number of aliphatic hydroxyl groups excluding tert-OH is 1. The highest BCUT2D eigenvalue weighted by atomic mass is 35.5. The van der Waals surface area contributed by atoms with E-state index in [4.69, 9.17) is 22.0 Å². The van der Waals surface area contributed by atoms with Gasteiger partial charge in [0.15, 0.2) is 0 Å². The summed E-state index contributed by atoms with van der Waals surface area (Å²) in [6, 6.07) is 8.57. The molecule has 0 aliphatic carbocycles. The molecule has 0 bridgehead atoms. The standard InChI is InChI=1S/C13H14ClN3O2/c14-11-4-1-2-5-12(11)17-13(19)10(8-15)9-16-6-3-7-18/h1-2,4-5,9,16,18H,3,6-7H2,(H,17,19)/b10-9-. The zero-order valence-electron chi connectivity index (χ0n) is 10.2. The Balaban J connectivity index is 2.65. The van der Waals surface area contributed by atoms with Crippen LogP contribution in [0.1, 0.15) is 6.42 Å². The maximum atomic E-state index is 11.8. The van der Waals surface area contributed by atoms with E-state index in [1.807, 2.05) is 0 Å². The van der Waals surface area contributed by atoms with Gasteiger partial charge in [-0.1, -0.05) is 23.7 Å². The maximum absolute atomic E-state index is 11.8. The number of carbonyl (C=O) groups excluding carboxylic acids is 1. The third-order valence-corrected chi connectivity index (χ3v) is 2.54. The molecule has 0 radical (unpaired) electrons.